The van der Waals surface area contributed by atoms with Gasteiger partial charge in [0.25, 0.3) is 5.91 Å². The Morgan fingerprint density at radius 2 is 1.63 bits per heavy atom. The molecule has 0 atom stereocenters. The number of amides is 1. The van der Waals surface area contributed by atoms with Crippen LogP contribution in [0, 0.1) is 0 Å². The van der Waals surface area contributed by atoms with E-state index >= 15 is 0 Å². The Bertz CT molecular complexity index is 751. The van der Waals surface area contributed by atoms with E-state index in [2.05, 4.69) is 12.2 Å². The molecule has 0 aromatic heterocycles. The minimum Gasteiger partial charge on any atom is -0.464 e. The first kappa shape index (κ1) is 20.6. The average Bonchev–Trinajstić information content (AvgIpc) is 2.70. The van der Waals surface area contributed by atoms with Gasteiger partial charge < -0.3 is 9.64 Å². The van der Waals surface area contributed by atoms with Gasteiger partial charge in [-0.2, -0.15) is 0 Å². The quantitative estimate of drug-likeness (QED) is 0.424. The molecule has 0 heterocycles. The molecule has 0 fully saturated rings. The maximum Gasteiger partial charge on any atom is 0.326 e. The van der Waals surface area contributed by atoms with Crippen LogP contribution >= 0.6 is 12.2 Å². The zero-order valence-corrected chi connectivity index (χ0v) is 16.2. The van der Waals surface area contributed by atoms with Crippen molar-refractivity contribution < 1.29 is 14.3 Å². The number of carbonyl (C=O) groups is 2. The fourth-order valence-corrected chi connectivity index (χ4v) is 2.69. The first-order valence-corrected chi connectivity index (χ1v) is 9.41. The number of unbranched alkanes of at least 4 members (excludes halogenated alkanes) is 2. The molecule has 142 valence electrons. The third kappa shape index (κ3) is 6.83. The Balaban J connectivity index is 2.04. The maximum absolute atomic E-state index is 12.4. The molecule has 0 spiro atoms. The third-order valence-corrected chi connectivity index (χ3v) is 4.19. The zero-order chi connectivity index (χ0) is 19.5. The van der Waals surface area contributed by atoms with Crippen LogP contribution in [0.3, 0.4) is 0 Å². The lowest BCUT2D eigenvalue weighted by molar-refractivity contribution is -0.141. The summed E-state index contributed by atoms with van der Waals surface area (Å²) in [5.74, 6) is -0.705. The van der Waals surface area contributed by atoms with Gasteiger partial charge in [-0.3, -0.25) is 14.9 Å². The van der Waals surface area contributed by atoms with E-state index in [1.165, 1.54) is 0 Å². The summed E-state index contributed by atoms with van der Waals surface area (Å²) in [5, 5.41) is 2.84. The highest BCUT2D eigenvalue weighted by Crippen LogP contribution is 2.14. The molecule has 0 bridgehead atoms. The molecular weight excluding hydrogens is 360 g/mol. The number of hydrogen-bond donors (Lipinski definition) is 1. The number of benzene rings is 2. The fourth-order valence-electron chi connectivity index (χ4n) is 2.43. The van der Waals surface area contributed by atoms with Gasteiger partial charge in [-0.05, 0) is 42.9 Å². The van der Waals surface area contributed by atoms with E-state index in [9.17, 15) is 9.59 Å². The summed E-state index contributed by atoms with van der Waals surface area (Å²) in [6.07, 6.45) is 2.91. The number of para-hydroxylation sites is 1. The van der Waals surface area contributed by atoms with Crippen LogP contribution in [0.4, 0.5) is 5.69 Å². The standard InChI is InChI=1S/C21H24N2O3S/c1-2-3-10-15-26-19(24)16-23(18-13-8-5-9-14-18)21(27)22-20(25)17-11-6-4-7-12-17/h4-9,11-14H,2-3,10,15-16H2,1H3,(H,22,25,27). The van der Waals surface area contributed by atoms with Crippen molar-refractivity contribution in [2.24, 2.45) is 0 Å². The van der Waals surface area contributed by atoms with Crippen molar-refractivity contribution in [3.05, 3.63) is 66.2 Å². The minimum absolute atomic E-state index is 0.0654. The number of esters is 1. The molecule has 2 rings (SSSR count). The summed E-state index contributed by atoms with van der Waals surface area (Å²) < 4.78 is 5.28. The summed E-state index contributed by atoms with van der Waals surface area (Å²) in [4.78, 5) is 26.2. The van der Waals surface area contributed by atoms with E-state index in [0.29, 0.717) is 17.9 Å². The van der Waals surface area contributed by atoms with Gasteiger partial charge >= 0.3 is 5.97 Å². The number of anilines is 1. The maximum atomic E-state index is 12.4. The van der Waals surface area contributed by atoms with Crippen molar-refractivity contribution >= 4 is 34.9 Å². The van der Waals surface area contributed by atoms with Gasteiger partial charge in [-0.1, -0.05) is 56.2 Å². The number of ether oxygens (including phenoxy) is 1. The monoisotopic (exact) mass is 384 g/mol. The second-order valence-corrected chi connectivity index (χ2v) is 6.36. The van der Waals surface area contributed by atoms with Crippen molar-refractivity contribution in [2.75, 3.05) is 18.1 Å². The van der Waals surface area contributed by atoms with Crippen molar-refractivity contribution in [3.8, 4) is 0 Å². The Hall–Kier alpha value is -2.73. The molecule has 5 nitrogen and oxygen atoms in total. The largest absolute Gasteiger partial charge is 0.464 e. The summed E-state index contributed by atoms with van der Waals surface area (Å²) in [7, 11) is 0. The van der Waals surface area contributed by atoms with Crippen molar-refractivity contribution in [1.29, 1.82) is 0 Å². The van der Waals surface area contributed by atoms with Gasteiger partial charge in [0, 0.05) is 11.3 Å². The van der Waals surface area contributed by atoms with E-state index in [-0.39, 0.29) is 23.5 Å². The van der Waals surface area contributed by atoms with E-state index in [1.807, 2.05) is 36.4 Å². The number of hydrogen-bond acceptors (Lipinski definition) is 4. The second kappa shape index (κ2) is 11.1. The molecule has 6 heteroatoms. The molecule has 1 N–H and O–H groups in total. The Kier molecular flexibility index (Phi) is 8.45. The van der Waals surface area contributed by atoms with Crippen LogP contribution in [0.15, 0.2) is 60.7 Å². The lowest BCUT2D eigenvalue weighted by atomic mass is 10.2. The number of carbonyl (C=O) groups excluding carboxylic acids is 2. The summed E-state index contributed by atoms with van der Waals surface area (Å²) >= 11 is 5.39. The van der Waals surface area contributed by atoms with Gasteiger partial charge in [0.05, 0.1) is 6.61 Å². The zero-order valence-electron chi connectivity index (χ0n) is 15.4. The van der Waals surface area contributed by atoms with E-state index in [4.69, 9.17) is 17.0 Å². The molecule has 27 heavy (non-hydrogen) atoms. The van der Waals surface area contributed by atoms with Gasteiger partial charge in [0.2, 0.25) is 0 Å². The predicted octanol–water partition coefficient (Wildman–Crippen LogP) is 3.94. The first-order chi connectivity index (χ1) is 13.1. The Morgan fingerprint density at radius 1 is 1.00 bits per heavy atom. The van der Waals surface area contributed by atoms with Crippen molar-refractivity contribution in [2.45, 2.75) is 26.2 Å². The first-order valence-electron chi connectivity index (χ1n) is 9.00. The third-order valence-electron chi connectivity index (χ3n) is 3.87. The van der Waals surface area contributed by atoms with Crippen LogP contribution in [0.2, 0.25) is 0 Å². The summed E-state index contributed by atoms with van der Waals surface area (Å²) in [5.41, 5.74) is 1.20. The summed E-state index contributed by atoms with van der Waals surface area (Å²) in [6.45, 7) is 2.41. The number of nitrogens with zero attached hydrogens (tertiary/aromatic N) is 1. The highest BCUT2D eigenvalue weighted by atomic mass is 32.1. The van der Waals surface area contributed by atoms with Gasteiger partial charge in [-0.25, -0.2) is 0 Å². The van der Waals surface area contributed by atoms with Gasteiger partial charge in [0.15, 0.2) is 5.11 Å². The van der Waals surface area contributed by atoms with Crippen LogP contribution < -0.4 is 10.2 Å². The van der Waals surface area contributed by atoms with Crippen molar-refractivity contribution in [3.63, 3.8) is 0 Å². The highest BCUT2D eigenvalue weighted by molar-refractivity contribution is 7.80. The smallest absolute Gasteiger partial charge is 0.326 e. The topological polar surface area (TPSA) is 58.6 Å². The molecular formula is C21H24N2O3S. The van der Waals surface area contributed by atoms with Crippen LogP contribution in [0.1, 0.15) is 36.5 Å². The minimum atomic E-state index is -0.383. The Morgan fingerprint density at radius 3 is 2.26 bits per heavy atom. The number of rotatable bonds is 8. The molecule has 0 saturated heterocycles. The SMILES string of the molecule is CCCCCOC(=O)CN(C(=S)NC(=O)c1ccccc1)c1ccccc1. The molecule has 0 radical (unpaired) electrons. The number of thiocarbonyl (C=S) groups is 1. The number of nitrogens with one attached hydrogen (secondary N) is 1. The molecule has 2 aromatic rings. The molecule has 2 aromatic carbocycles. The molecule has 0 aliphatic heterocycles. The van der Waals surface area contributed by atoms with Crippen LogP contribution in [-0.2, 0) is 9.53 Å². The molecule has 0 aliphatic carbocycles. The van der Waals surface area contributed by atoms with E-state index in [1.54, 1.807) is 29.2 Å². The molecule has 1 amide bonds. The van der Waals surface area contributed by atoms with E-state index < -0.39 is 0 Å². The van der Waals surface area contributed by atoms with Crippen molar-refractivity contribution in [1.82, 2.24) is 5.32 Å². The second-order valence-electron chi connectivity index (χ2n) is 5.97. The molecule has 0 aliphatic rings. The lowest BCUT2D eigenvalue weighted by Gasteiger charge is -2.24. The average molecular weight is 385 g/mol. The molecule has 0 saturated carbocycles. The van der Waals surface area contributed by atoms with Crippen LogP contribution in [0.5, 0.6) is 0 Å². The normalized spacial score (nSPS) is 10.1. The predicted molar refractivity (Wildman–Crippen MR) is 111 cm³/mol. The highest BCUT2D eigenvalue weighted by Gasteiger charge is 2.19. The summed E-state index contributed by atoms with van der Waals surface area (Å²) in [6, 6.07) is 18.0. The fraction of sp³-hybridized carbons (Fsp3) is 0.286. The van der Waals surface area contributed by atoms with Crippen LogP contribution in [-0.4, -0.2) is 30.1 Å². The van der Waals surface area contributed by atoms with Gasteiger partial charge in [-0.15, -0.1) is 0 Å². The van der Waals surface area contributed by atoms with Gasteiger partial charge in [0.1, 0.15) is 6.54 Å². The Labute approximate surface area is 165 Å². The lowest BCUT2D eigenvalue weighted by Crippen LogP contribution is -2.45. The molecule has 0 unspecified atom stereocenters. The van der Waals surface area contributed by atoms with E-state index in [0.717, 1.165) is 19.3 Å². The van der Waals surface area contributed by atoms with Crippen LogP contribution in [0.25, 0.3) is 0 Å².